The van der Waals surface area contributed by atoms with Crippen LogP contribution < -0.4 is 15.3 Å². The van der Waals surface area contributed by atoms with Gasteiger partial charge >= 0.3 is 11.8 Å². The molecule has 3 aliphatic heterocycles. The van der Waals surface area contributed by atoms with E-state index in [1.807, 2.05) is 39.5 Å². The van der Waals surface area contributed by atoms with Crippen molar-refractivity contribution in [2.75, 3.05) is 44.7 Å². The molecule has 2 aromatic carbocycles. The monoisotopic (exact) mass is 657 g/mol. The van der Waals surface area contributed by atoms with Crippen molar-refractivity contribution in [2.45, 2.75) is 77.6 Å². The highest BCUT2D eigenvalue weighted by molar-refractivity contribution is 6.35. The Morgan fingerprint density at radius 3 is 2.50 bits per heavy atom. The molecule has 3 aliphatic rings. The molecule has 248 valence electrons. The average molecular weight is 658 g/mol. The minimum atomic E-state index is -0.779. The summed E-state index contributed by atoms with van der Waals surface area (Å²) in [6, 6.07) is 4.30. The highest BCUT2D eigenvalue weighted by atomic mass is 35.5. The van der Waals surface area contributed by atoms with E-state index in [9.17, 15) is 14.0 Å². The van der Waals surface area contributed by atoms with Gasteiger partial charge in [-0.15, -0.1) is 0 Å². The summed E-state index contributed by atoms with van der Waals surface area (Å²) in [6.07, 6.45) is 2.39. The third kappa shape index (κ3) is 6.15. The third-order valence-electron chi connectivity index (χ3n) is 9.41. The minimum absolute atomic E-state index is 0.0856. The Hall–Kier alpha value is -3.44. The number of amides is 1. The summed E-state index contributed by atoms with van der Waals surface area (Å²) in [5.74, 6) is -0.365. The Morgan fingerprint density at radius 2 is 1.83 bits per heavy atom. The summed E-state index contributed by atoms with van der Waals surface area (Å²) >= 11 is 6.91. The van der Waals surface area contributed by atoms with Gasteiger partial charge in [0.05, 0.1) is 16.6 Å². The summed E-state index contributed by atoms with van der Waals surface area (Å²) in [6.45, 7) is 12.3. The van der Waals surface area contributed by atoms with E-state index < -0.39 is 29.0 Å². The van der Waals surface area contributed by atoms with Gasteiger partial charge in [0.1, 0.15) is 29.7 Å². The number of carbonyl (C=O) groups excluding carboxylic acids is 1. The van der Waals surface area contributed by atoms with Crippen molar-refractivity contribution in [3.05, 3.63) is 51.4 Å². The predicted octanol–water partition coefficient (Wildman–Crippen LogP) is 6.49. The summed E-state index contributed by atoms with van der Waals surface area (Å²) < 4.78 is 42.9. The first-order valence-corrected chi connectivity index (χ1v) is 16.4. The van der Waals surface area contributed by atoms with Gasteiger partial charge in [0.2, 0.25) is 0 Å². The number of likely N-dealkylation sites (tertiary alicyclic amines) is 1. The normalized spacial score (nSPS) is 22.7. The second-order valence-electron chi connectivity index (χ2n) is 14.1. The molecule has 0 bridgehead atoms. The number of piperazine rings is 1. The number of hydrogen-bond acceptors (Lipinski definition) is 7. The van der Waals surface area contributed by atoms with Crippen molar-refractivity contribution < 1.29 is 23.0 Å². The van der Waals surface area contributed by atoms with Crippen molar-refractivity contribution in [1.29, 1.82) is 0 Å². The van der Waals surface area contributed by atoms with Gasteiger partial charge in [-0.3, -0.25) is 4.57 Å². The predicted molar refractivity (Wildman–Crippen MR) is 175 cm³/mol. The first kappa shape index (κ1) is 32.5. The van der Waals surface area contributed by atoms with Crippen molar-refractivity contribution in [3.63, 3.8) is 0 Å². The number of piperidine rings is 1. The number of ether oxygens (including phenoxy) is 2. The van der Waals surface area contributed by atoms with Crippen molar-refractivity contribution in [1.82, 2.24) is 19.4 Å². The lowest BCUT2D eigenvalue weighted by molar-refractivity contribution is 0.0130. The van der Waals surface area contributed by atoms with Crippen molar-refractivity contribution in [2.24, 2.45) is 5.92 Å². The van der Waals surface area contributed by atoms with Crippen LogP contribution in [0.25, 0.3) is 22.0 Å². The summed E-state index contributed by atoms with van der Waals surface area (Å²) in [5, 5.41) is 0.798. The van der Waals surface area contributed by atoms with Gasteiger partial charge in [0.15, 0.2) is 5.75 Å². The topological polar surface area (TPSA) is 80.1 Å². The van der Waals surface area contributed by atoms with Crippen LogP contribution in [-0.4, -0.2) is 83.0 Å². The molecule has 46 heavy (non-hydrogen) atoms. The van der Waals surface area contributed by atoms with Gasteiger partial charge in [-0.2, -0.15) is 4.98 Å². The molecule has 0 aliphatic carbocycles. The smallest absolute Gasteiger partial charge is 0.410 e. The van der Waals surface area contributed by atoms with E-state index in [0.717, 1.165) is 38.4 Å². The second kappa shape index (κ2) is 12.3. The van der Waals surface area contributed by atoms with Crippen LogP contribution >= 0.6 is 11.6 Å². The highest BCUT2D eigenvalue weighted by Crippen LogP contribution is 2.48. The van der Waals surface area contributed by atoms with E-state index in [1.165, 1.54) is 12.1 Å². The number of halogens is 3. The number of benzene rings is 2. The molecule has 1 amide bonds. The van der Waals surface area contributed by atoms with Crippen LogP contribution in [0.3, 0.4) is 0 Å². The molecule has 0 unspecified atom stereocenters. The van der Waals surface area contributed by atoms with Gasteiger partial charge in [0, 0.05) is 47.8 Å². The molecule has 3 atom stereocenters. The first-order chi connectivity index (χ1) is 21.7. The third-order valence-corrected chi connectivity index (χ3v) is 9.71. The van der Waals surface area contributed by atoms with E-state index in [-0.39, 0.29) is 46.6 Å². The van der Waals surface area contributed by atoms with E-state index in [4.69, 9.17) is 21.1 Å². The van der Waals surface area contributed by atoms with E-state index in [0.29, 0.717) is 35.7 Å². The lowest BCUT2D eigenvalue weighted by Gasteiger charge is -2.45. The first-order valence-electron chi connectivity index (χ1n) is 16.0. The maximum atomic E-state index is 15.2. The molecule has 2 fully saturated rings. The van der Waals surface area contributed by atoms with Crippen LogP contribution in [0.5, 0.6) is 5.75 Å². The van der Waals surface area contributed by atoms with Gasteiger partial charge in [0.25, 0.3) is 0 Å². The number of anilines is 1. The maximum absolute atomic E-state index is 15.2. The molecule has 4 heterocycles. The molecule has 2 saturated heterocycles. The summed E-state index contributed by atoms with van der Waals surface area (Å²) in [5.41, 5.74) is -0.205. The van der Waals surface area contributed by atoms with Gasteiger partial charge in [-0.1, -0.05) is 11.6 Å². The molecule has 0 radical (unpaired) electrons. The standard InChI is InChI=1S/C34H42ClF2N5O4/c1-19-17-41(33(44)46-34(3,4)5)20(2)16-40(19)31-25-15-26(35)28(24-8-7-22(36)14-27(24)37)30-29(25)42(32(43)38-31)23(18-45-30)13-21-9-11-39(6)12-10-21/h7-8,14-15,19-21,23H,9-13,16-18H2,1-6H3/t19-,20-,23+/m0/s1. The molecule has 0 N–H and O–H groups in total. The molecule has 6 rings (SSSR count). The molecule has 12 heteroatoms. The zero-order chi connectivity index (χ0) is 33.1. The zero-order valence-corrected chi connectivity index (χ0v) is 28.0. The molecular formula is C34H42ClF2N5O4. The highest BCUT2D eigenvalue weighted by Gasteiger charge is 2.38. The van der Waals surface area contributed by atoms with Crippen LogP contribution in [-0.2, 0) is 4.74 Å². The van der Waals surface area contributed by atoms with Crippen LogP contribution in [0.15, 0.2) is 29.1 Å². The molecular weight excluding hydrogens is 616 g/mol. The second-order valence-corrected chi connectivity index (χ2v) is 14.5. The van der Waals surface area contributed by atoms with Crippen LogP contribution in [0, 0.1) is 17.6 Å². The van der Waals surface area contributed by atoms with E-state index >= 15 is 4.39 Å². The lowest BCUT2D eigenvalue weighted by atomic mass is 9.89. The molecule has 9 nitrogen and oxygen atoms in total. The Balaban J connectivity index is 1.47. The molecule has 3 aromatic rings. The number of carbonyl (C=O) groups is 1. The maximum Gasteiger partial charge on any atom is 0.410 e. The number of hydrogen-bond donors (Lipinski definition) is 0. The average Bonchev–Trinajstić information content (AvgIpc) is 2.97. The van der Waals surface area contributed by atoms with Gasteiger partial charge < -0.3 is 24.2 Å². The van der Waals surface area contributed by atoms with Crippen molar-refractivity contribution in [3.8, 4) is 16.9 Å². The Bertz CT molecular complexity index is 1720. The van der Waals surface area contributed by atoms with Crippen molar-refractivity contribution >= 4 is 34.4 Å². The van der Waals surface area contributed by atoms with Crippen LogP contribution in [0.1, 0.15) is 59.9 Å². The van der Waals surface area contributed by atoms with Crippen LogP contribution in [0.4, 0.5) is 19.4 Å². The fourth-order valence-electron chi connectivity index (χ4n) is 7.07. The van der Waals surface area contributed by atoms with E-state index in [1.54, 1.807) is 15.5 Å². The fraction of sp³-hybridized carbons (Fsp3) is 0.559. The minimum Gasteiger partial charge on any atom is -0.488 e. The summed E-state index contributed by atoms with van der Waals surface area (Å²) in [4.78, 5) is 37.8. The van der Waals surface area contributed by atoms with Gasteiger partial charge in [-0.25, -0.2) is 18.4 Å². The largest absolute Gasteiger partial charge is 0.488 e. The van der Waals surface area contributed by atoms with Gasteiger partial charge in [-0.05, 0) is 98.1 Å². The Morgan fingerprint density at radius 1 is 1.11 bits per heavy atom. The zero-order valence-electron chi connectivity index (χ0n) is 27.3. The SMILES string of the molecule is C[C@H]1CN(c2nc(=O)n3c4c(c(-c5ccc(F)cc5F)c(Cl)cc24)OC[C@H]3CC2CCN(C)CC2)[C@@H](C)CN1C(=O)OC(C)(C)C. The Labute approximate surface area is 273 Å². The fourth-order valence-corrected chi connectivity index (χ4v) is 7.37. The van der Waals surface area contributed by atoms with E-state index in [2.05, 4.69) is 16.9 Å². The van der Waals surface area contributed by atoms with Crippen LogP contribution in [0.2, 0.25) is 5.02 Å². The number of rotatable bonds is 4. The number of nitrogens with zero attached hydrogens (tertiary/aromatic N) is 5. The summed E-state index contributed by atoms with van der Waals surface area (Å²) in [7, 11) is 2.11. The Kier molecular flexibility index (Phi) is 8.69. The lowest BCUT2D eigenvalue weighted by Crippen LogP contribution is -2.59. The molecule has 1 aromatic heterocycles. The number of aromatic nitrogens is 2. The molecule has 0 spiro atoms. The molecule has 0 saturated carbocycles. The quantitative estimate of drug-likeness (QED) is 0.317.